The van der Waals surface area contributed by atoms with Gasteiger partial charge in [-0.2, -0.15) is 0 Å². The maximum absolute atomic E-state index is 12.1. The van der Waals surface area contributed by atoms with Crippen molar-refractivity contribution >= 4 is 34.5 Å². The van der Waals surface area contributed by atoms with Crippen LogP contribution in [0.25, 0.3) is 10.7 Å². The van der Waals surface area contributed by atoms with Gasteiger partial charge >= 0.3 is 0 Å². The molecule has 1 amide bonds. The summed E-state index contributed by atoms with van der Waals surface area (Å²) in [5, 5.41) is 5.47. The highest BCUT2D eigenvalue weighted by atomic mass is 35.5. The van der Waals surface area contributed by atoms with Crippen molar-refractivity contribution < 1.29 is 4.79 Å². The van der Waals surface area contributed by atoms with E-state index < -0.39 is 0 Å². The number of aromatic nitrogens is 2. The lowest BCUT2D eigenvalue weighted by molar-refractivity contribution is -0.116. The van der Waals surface area contributed by atoms with E-state index in [1.165, 1.54) is 0 Å². The average Bonchev–Trinajstić information content (AvgIpc) is 3.11. The Morgan fingerprint density at radius 1 is 1.29 bits per heavy atom. The number of carbonyl (C=O) groups is 1. The minimum atomic E-state index is -0.104. The molecule has 2 heterocycles. The summed E-state index contributed by atoms with van der Waals surface area (Å²) in [5.74, 6) is 0.699. The molecule has 0 fully saturated rings. The number of thiophene rings is 1. The SMILES string of the molecule is O=C(Cn1ccnc1-c1cccs1)Nc1ccc(Cl)cc1. The molecule has 21 heavy (non-hydrogen) atoms. The van der Waals surface area contributed by atoms with Gasteiger partial charge in [-0.3, -0.25) is 4.79 Å². The minimum Gasteiger partial charge on any atom is -0.325 e. The van der Waals surface area contributed by atoms with Crippen molar-refractivity contribution in [3.8, 4) is 10.7 Å². The summed E-state index contributed by atoms with van der Waals surface area (Å²) < 4.78 is 1.83. The topological polar surface area (TPSA) is 46.9 Å². The lowest BCUT2D eigenvalue weighted by Crippen LogP contribution is -2.18. The van der Waals surface area contributed by atoms with Crippen LogP contribution in [-0.4, -0.2) is 15.5 Å². The van der Waals surface area contributed by atoms with Crippen LogP contribution >= 0.6 is 22.9 Å². The fourth-order valence-electron chi connectivity index (χ4n) is 1.96. The molecule has 0 spiro atoms. The van der Waals surface area contributed by atoms with E-state index in [9.17, 15) is 4.79 Å². The van der Waals surface area contributed by atoms with Crippen LogP contribution in [-0.2, 0) is 11.3 Å². The van der Waals surface area contributed by atoms with Crippen LogP contribution in [0, 0.1) is 0 Å². The minimum absolute atomic E-state index is 0.104. The number of rotatable bonds is 4. The maximum atomic E-state index is 12.1. The van der Waals surface area contributed by atoms with Gasteiger partial charge in [0.2, 0.25) is 5.91 Å². The first-order valence-electron chi connectivity index (χ1n) is 6.33. The Kier molecular flexibility index (Phi) is 4.03. The fraction of sp³-hybridized carbons (Fsp3) is 0.0667. The lowest BCUT2D eigenvalue weighted by Gasteiger charge is -2.08. The number of benzene rings is 1. The molecule has 0 radical (unpaired) electrons. The van der Waals surface area contributed by atoms with Gasteiger partial charge in [0.1, 0.15) is 12.4 Å². The smallest absolute Gasteiger partial charge is 0.244 e. The summed E-state index contributed by atoms with van der Waals surface area (Å²) in [7, 11) is 0. The van der Waals surface area contributed by atoms with Gasteiger partial charge < -0.3 is 9.88 Å². The predicted molar refractivity (Wildman–Crippen MR) is 85.6 cm³/mol. The molecular weight excluding hydrogens is 306 g/mol. The van der Waals surface area contributed by atoms with Crippen molar-refractivity contribution in [2.24, 2.45) is 0 Å². The number of hydrogen-bond acceptors (Lipinski definition) is 3. The maximum Gasteiger partial charge on any atom is 0.244 e. The monoisotopic (exact) mass is 317 g/mol. The number of carbonyl (C=O) groups excluding carboxylic acids is 1. The standard InChI is InChI=1S/C15H12ClN3OS/c16-11-3-5-12(6-4-11)18-14(20)10-19-8-7-17-15(19)13-2-1-9-21-13/h1-9H,10H2,(H,18,20). The molecule has 6 heteroatoms. The van der Waals surface area contributed by atoms with Crippen LogP contribution in [0.3, 0.4) is 0 Å². The molecule has 0 bridgehead atoms. The van der Waals surface area contributed by atoms with E-state index in [1.54, 1.807) is 48.0 Å². The first kappa shape index (κ1) is 13.9. The molecule has 1 N–H and O–H groups in total. The zero-order valence-electron chi connectivity index (χ0n) is 11.0. The van der Waals surface area contributed by atoms with Crippen LogP contribution in [0.1, 0.15) is 0 Å². The molecule has 0 saturated carbocycles. The van der Waals surface area contributed by atoms with Gasteiger partial charge in [-0.1, -0.05) is 17.7 Å². The second-order valence-electron chi connectivity index (χ2n) is 4.41. The number of nitrogens with zero attached hydrogens (tertiary/aromatic N) is 2. The van der Waals surface area contributed by atoms with E-state index in [4.69, 9.17) is 11.6 Å². The molecule has 0 unspecified atom stereocenters. The normalized spacial score (nSPS) is 10.5. The lowest BCUT2D eigenvalue weighted by atomic mass is 10.3. The van der Waals surface area contributed by atoms with Gasteiger partial charge in [0.05, 0.1) is 4.88 Å². The molecule has 0 saturated heterocycles. The summed E-state index contributed by atoms with van der Waals surface area (Å²) in [4.78, 5) is 17.4. The van der Waals surface area contributed by atoms with Crippen LogP contribution in [0.2, 0.25) is 5.02 Å². The summed E-state index contributed by atoms with van der Waals surface area (Å²) in [6, 6.07) is 11.0. The van der Waals surface area contributed by atoms with Crippen LogP contribution in [0.15, 0.2) is 54.2 Å². The number of anilines is 1. The second-order valence-corrected chi connectivity index (χ2v) is 5.80. The third-order valence-corrected chi connectivity index (χ3v) is 4.02. The molecule has 0 aliphatic heterocycles. The van der Waals surface area contributed by atoms with Crippen LogP contribution < -0.4 is 5.32 Å². The van der Waals surface area contributed by atoms with E-state index in [-0.39, 0.29) is 12.5 Å². The van der Waals surface area contributed by atoms with E-state index >= 15 is 0 Å². The first-order chi connectivity index (χ1) is 10.2. The van der Waals surface area contributed by atoms with Crippen molar-refractivity contribution in [3.05, 3.63) is 59.2 Å². The molecular formula is C15H12ClN3OS. The van der Waals surface area contributed by atoms with E-state index in [0.717, 1.165) is 16.4 Å². The van der Waals surface area contributed by atoms with Crippen LogP contribution in [0.5, 0.6) is 0 Å². The number of hydrogen-bond donors (Lipinski definition) is 1. The first-order valence-corrected chi connectivity index (χ1v) is 7.58. The Hall–Kier alpha value is -2.11. The zero-order chi connectivity index (χ0) is 14.7. The largest absolute Gasteiger partial charge is 0.325 e. The molecule has 3 rings (SSSR count). The average molecular weight is 318 g/mol. The number of halogens is 1. The number of nitrogens with one attached hydrogen (secondary N) is 1. The highest BCUT2D eigenvalue weighted by molar-refractivity contribution is 7.13. The highest BCUT2D eigenvalue weighted by Crippen LogP contribution is 2.22. The highest BCUT2D eigenvalue weighted by Gasteiger charge is 2.10. The third kappa shape index (κ3) is 3.32. The summed E-state index contributed by atoms with van der Waals surface area (Å²) in [6.07, 6.45) is 3.50. The van der Waals surface area contributed by atoms with E-state index in [0.29, 0.717) is 5.02 Å². The Morgan fingerprint density at radius 2 is 2.10 bits per heavy atom. The quantitative estimate of drug-likeness (QED) is 0.793. The fourth-order valence-corrected chi connectivity index (χ4v) is 2.82. The Bertz CT molecular complexity index is 735. The summed E-state index contributed by atoms with van der Waals surface area (Å²) >= 11 is 7.42. The Morgan fingerprint density at radius 3 is 2.81 bits per heavy atom. The Labute approximate surface area is 131 Å². The molecule has 2 aromatic heterocycles. The van der Waals surface area contributed by atoms with Gasteiger partial charge in [0, 0.05) is 23.1 Å². The predicted octanol–water partition coefficient (Wildman–Crippen LogP) is 3.90. The van der Waals surface area contributed by atoms with Crippen molar-refractivity contribution in [3.63, 3.8) is 0 Å². The Balaban J connectivity index is 1.71. The van der Waals surface area contributed by atoms with Crippen molar-refractivity contribution in [2.45, 2.75) is 6.54 Å². The molecule has 0 atom stereocenters. The van der Waals surface area contributed by atoms with E-state index in [1.807, 2.05) is 22.1 Å². The number of imidazole rings is 1. The van der Waals surface area contributed by atoms with Gasteiger partial charge in [0.15, 0.2) is 0 Å². The summed E-state index contributed by atoms with van der Waals surface area (Å²) in [5.41, 5.74) is 0.724. The van der Waals surface area contributed by atoms with E-state index in [2.05, 4.69) is 10.3 Å². The summed E-state index contributed by atoms with van der Waals surface area (Å²) in [6.45, 7) is 0.218. The van der Waals surface area contributed by atoms with Crippen molar-refractivity contribution in [1.82, 2.24) is 9.55 Å². The van der Waals surface area contributed by atoms with Gasteiger partial charge in [-0.05, 0) is 35.7 Å². The molecule has 4 nitrogen and oxygen atoms in total. The zero-order valence-corrected chi connectivity index (χ0v) is 12.6. The second kappa shape index (κ2) is 6.11. The van der Waals surface area contributed by atoms with Gasteiger partial charge in [-0.15, -0.1) is 11.3 Å². The van der Waals surface area contributed by atoms with Crippen molar-refractivity contribution in [2.75, 3.05) is 5.32 Å². The molecule has 0 aliphatic rings. The van der Waals surface area contributed by atoms with Crippen LogP contribution in [0.4, 0.5) is 5.69 Å². The molecule has 3 aromatic rings. The molecule has 1 aromatic carbocycles. The number of amides is 1. The molecule has 106 valence electrons. The third-order valence-electron chi connectivity index (χ3n) is 2.90. The molecule has 0 aliphatic carbocycles. The van der Waals surface area contributed by atoms with Gasteiger partial charge in [0.25, 0.3) is 0 Å². The van der Waals surface area contributed by atoms with Crippen molar-refractivity contribution in [1.29, 1.82) is 0 Å². The van der Waals surface area contributed by atoms with Gasteiger partial charge in [-0.25, -0.2) is 4.98 Å².